The molecule has 0 saturated carbocycles. The van der Waals surface area contributed by atoms with Crippen molar-refractivity contribution in [3.05, 3.63) is 28.3 Å². The summed E-state index contributed by atoms with van der Waals surface area (Å²) in [4.78, 5) is 2.32. The molecular formula is C13H14ClNOS. The maximum atomic E-state index is 6.31. The number of likely N-dealkylation sites (N-methyl/N-ethyl adjacent to an activating group) is 1. The van der Waals surface area contributed by atoms with Crippen molar-refractivity contribution < 1.29 is 4.42 Å². The average molecular weight is 268 g/mol. The molecule has 2 aromatic rings. The van der Waals surface area contributed by atoms with Gasteiger partial charge in [-0.3, -0.25) is 0 Å². The zero-order valence-corrected chi connectivity index (χ0v) is 11.5. The molecule has 0 amide bonds. The second kappa shape index (κ2) is 4.23. The van der Waals surface area contributed by atoms with E-state index in [0.717, 1.165) is 35.2 Å². The summed E-state index contributed by atoms with van der Waals surface area (Å²) in [6.45, 7) is 1.98. The molecule has 90 valence electrons. The molecule has 3 rings (SSSR count). The second-order valence-corrected chi connectivity index (χ2v) is 5.65. The molecule has 4 heteroatoms. The van der Waals surface area contributed by atoms with Gasteiger partial charge in [0.25, 0.3) is 0 Å². The highest BCUT2D eigenvalue weighted by atomic mass is 35.5. The zero-order valence-electron chi connectivity index (χ0n) is 9.92. The van der Waals surface area contributed by atoms with Crippen LogP contribution in [0, 0.1) is 0 Å². The van der Waals surface area contributed by atoms with Gasteiger partial charge in [0.2, 0.25) is 0 Å². The van der Waals surface area contributed by atoms with E-state index in [4.69, 9.17) is 16.0 Å². The Kier molecular flexibility index (Phi) is 2.85. The molecule has 0 atom stereocenters. The number of thioether (sulfide) groups is 1. The van der Waals surface area contributed by atoms with E-state index in [1.807, 2.05) is 12.1 Å². The Labute approximate surface area is 110 Å². The first-order chi connectivity index (χ1) is 8.20. The summed E-state index contributed by atoms with van der Waals surface area (Å²) in [7, 11) is 2.14. The molecule has 0 radical (unpaired) electrons. The monoisotopic (exact) mass is 267 g/mol. The van der Waals surface area contributed by atoms with Crippen molar-refractivity contribution in [3.63, 3.8) is 0 Å². The van der Waals surface area contributed by atoms with Crippen LogP contribution in [-0.4, -0.2) is 24.7 Å². The van der Waals surface area contributed by atoms with Crippen molar-refractivity contribution in [2.24, 2.45) is 0 Å². The van der Waals surface area contributed by atoms with Crippen LogP contribution in [0.5, 0.6) is 0 Å². The molecule has 2 nitrogen and oxygen atoms in total. The van der Waals surface area contributed by atoms with Crippen LogP contribution in [0.1, 0.15) is 11.1 Å². The minimum atomic E-state index is 0.863. The van der Waals surface area contributed by atoms with E-state index >= 15 is 0 Å². The highest BCUT2D eigenvalue weighted by Gasteiger charge is 2.22. The van der Waals surface area contributed by atoms with E-state index in [1.165, 1.54) is 16.5 Å². The number of furan rings is 1. The number of benzene rings is 1. The lowest BCUT2D eigenvalue weighted by molar-refractivity contribution is 0.328. The summed E-state index contributed by atoms with van der Waals surface area (Å²) < 4.78 is 5.90. The van der Waals surface area contributed by atoms with Crippen LogP contribution in [0.25, 0.3) is 11.0 Å². The van der Waals surface area contributed by atoms with E-state index in [0.29, 0.717) is 0 Å². The van der Waals surface area contributed by atoms with Gasteiger partial charge in [0.15, 0.2) is 5.09 Å². The molecule has 0 N–H and O–H groups in total. The van der Waals surface area contributed by atoms with Crippen LogP contribution in [0.2, 0.25) is 5.02 Å². The van der Waals surface area contributed by atoms with Crippen molar-refractivity contribution in [1.29, 1.82) is 0 Å². The Morgan fingerprint density at radius 3 is 2.94 bits per heavy atom. The molecule has 0 saturated heterocycles. The van der Waals surface area contributed by atoms with Gasteiger partial charge in [-0.05, 0) is 37.4 Å². The van der Waals surface area contributed by atoms with E-state index in [2.05, 4.69) is 18.2 Å². The molecule has 0 spiro atoms. The van der Waals surface area contributed by atoms with E-state index in [9.17, 15) is 0 Å². The molecule has 0 fully saturated rings. The molecular weight excluding hydrogens is 254 g/mol. The standard InChI is InChI=1S/C13H14ClNOS/c1-15-6-5-8-10(14)3-4-11-12(8)9(7-15)13(16-11)17-2/h3-4H,5-7H2,1-2H3. The summed E-state index contributed by atoms with van der Waals surface area (Å²) >= 11 is 7.98. The van der Waals surface area contributed by atoms with Gasteiger partial charge in [0.1, 0.15) is 5.58 Å². The quantitative estimate of drug-likeness (QED) is 0.732. The fourth-order valence-corrected chi connectivity index (χ4v) is 3.32. The Morgan fingerprint density at radius 1 is 1.35 bits per heavy atom. The first kappa shape index (κ1) is 11.5. The van der Waals surface area contributed by atoms with Gasteiger partial charge >= 0.3 is 0 Å². The summed E-state index contributed by atoms with van der Waals surface area (Å²) in [5.74, 6) is 0. The third-order valence-electron chi connectivity index (χ3n) is 3.33. The largest absolute Gasteiger partial charge is 0.450 e. The number of hydrogen-bond acceptors (Lipinski definition) is 3. The minimum Gasteiger partial charge on any atom is -0.450 e. The van der Waals surface area contributed by atoms with E-state index in [-0.39, 0.29) is 0 Å². The first-order valence-electron chi connectivity index (χ1n) is 5.66. The molecule has 1 aliphatic rings. The maximum absolute atomic E-state index is 6.31. The van der Waals surface area contributed by atoms with Crippen LogP contribution in [0.3, 0.4) is 0 Å². The zero-order chi connectivity index (χ0) is 12.0. The summed E-state index contributed by atoms with van der Waals surface area (Å²) in [5, 5.41) is 3.13. The van der Waals surface area contributed by atoms with Crippen LogP contribution in [0.4, 0.5) is 0 Å². The fraction of sp³-hybridized carbons (Fsp3) is 0.385. The Balaban J connectivity index is 2.35. The Bertz CT molecular complexity index is 578. The normalized spacial score (nSPS) is 16.4. The number of hydrogen-bond donors (Lipinski definition) is 0. The van der Waals surface area contributed by atoms with Crippen LogP contribution < -0.4 is 0 Å². The number of nitrogens with zero attached hydrogens (tertiary/aromatic N) is 1. The van der Waals surface area contributed by atoms with Gasteiger partial charge in [0.05, 0.1) is 0 Å². The van der Waals surface area contributed by atoms with Crippen LogP contribution in [0.15, 0.2) is 21.6 Å². The van der Waals surface area contributed by atoms with Gasteiger partial charge in [-0.25, -0.2) is 0 Å². The van der Waals surface area contributed by atoms with Crippen LogP contribution in [-0.2, 0) is 13.0 Å². The Hall–Kier alpha value is -0.640. The molecule has 0 unspecified atom stereocenters. The predicted molar refractivity (Wildman–Crippen MR) is 73.0 cm³/mol. The van der Waals surface area contributed by atoms with Gasteiger partial charge in [0, 0.05) is 29.1 Å². The third-order valence-corrected chi connectivity index (χ3v) is 4.38. The van der Waals surface area contributed by atoms with Crippen LogP contribution >= 0.6 is 23.4 Å². The first-order valence-corrected chi connectivity index (χ1v) is 7.26. The predicted octanol–water partition coefficient (Wildman–Crippen LogP) is 3.80. The summed E-state index contributed by atoms with van der Waals surface area (Å²) in [6.07, 6.45) is 3.05. The van der Waals surface area contributed by atoms with Gasteiger partial charge in [-0.15, -0.1) is 0 Å². The molecule has 17 heavy (non-hydrogen) atoms. The van der Waals surface area contributed by atoms with Gasteiger partial charge in [-0.2, -0.15) is 0 Å². The van der Waals surface area contributed by atoms with Crippen molar-refractivity contribution in [1.82, 2.24) is 4.90 Å². The molecule has 1 aromatic carbocycles. The molecule has 0 bridgehead atoms. The SMILES string of the molecule is CSc1oc2ccc(Cl)c3c2c1CN(C)CC3. The highest BCUT2D eigenvalue weighted by molar-refractivity contribution is 7.98. The molecule has 0 aliphatic carbocycles. The van der Waals surface area contributed by atoms with Crippen molar-refractivity contribution >= 4 is 34.3 Å². The smallest absolute Gasteiger partial charge is 0.165 e. The molecule has 1 aromatic heterocycles. The summed E-state index contributed by atoms with van der Waals surface area (Å²) in [5.41, 5.74) is 3.51. The van der Waals surface area contributed by atoms with Crippen molar-refractivity contribution in [2.75, 3.05) is 19.8 Å². The fourth-order valence-electron chi connectivity index (χ4n) is 2.48. The second-order valence-electron chi connectivity index (χ2n) is 4.46. The lowest BCUT2D eigenvalue weighted by Crippen LogP contribution is -2.18. The van der Waals surface area contributed by atoms with Crippen molar-refractivity contribution in [3.8, 4) is 0 Å². The minimum absolute atomic E-state index is 0.863. The van der Waals surface area contributed by atoms with Crippen molar-refractivity contribution in [2.45, 2.75) is 18.1 Å². The third kappa shape index (κ3) is 1.77. The van der Waals surface area contributed by atoms with E-state index in [1.54, 1.807) is 11.8 Å². The van der Waals surface area contributed by atoms with E-state index < -0.39 is 0 Å². The molecule has 2 heterocycles. The maximum Gasteiger partial charge on any atom is 0.165 e. The lowest BCUT2D eigenvalue weighted by atomic mass is 10.1. The average Bonchev–Trinajstić information content (AvgIpc) is 2.56. The summed E-state index contributed by atoms with van der Waals surface area (Å²) in [6, 6.07) is 3.93. The molecule has 1 aliphatic heterocycles. The van der Waals surface area contributed by atoms with Gasteiger partial charge in [-0.1, -0.05) is 23.4 Å². The number of halogens is 1. The lowest BCUT2D eigenvalue weighted by Gasteiger charge is -2.12. The topological polar surface area (TPSA) is 16.4 Å². The Morgan fingerprint density at radius 2 is 2.18 bits per heavy atom. The van der Waals surface area contributed by atoms with Gasteiger partial charge < -0.3 is 9.32 Å². The number of rotatable bonds is 1. The highest BCUT2D eigenvalue weighted by Crippen LogP contribution is 2.39.